The Morgan fingerprint density at radius 1 is 1.63 bits per heavy atom. The summed E-state index contributed by atoms with van der Waals surface area (Å²) in [6.07, 6.45) is -0.827. The molecule has 0 bridgehead atoms. The summed E-state index contributed by atoms with van der Waals surface area (Å²) < 4.78 is 6.54. The van der Waals surface area contributed by atoms with Gasteiger partial charge in [-0.05, 0) is 0 Å². The number of anilines is 1. The lowest BCUT2D eigenvalue weighted by Gasteiger charge is -2.16. The minimum Gasteiger partial charge on any atom is -0.394 e. The highest BCUT2D eigenvalue weighted by atomic mass is 16.5. The minimum atomic E-state index is -0.851. The molecule has 0 spiro atoms. The topological polar surface area (TPSA) is 139 Å². The van der Waals surface area contributed by atoms with Crippen LogP contribution in [0, 0.1) is 0 Å². The third-order valence-corrected chi connectivity index (χ3v) is 3.19. The summed E-state index contributed by atoms with van der Waals surface area (Å²) in [5.41, 5.74) is 5.75. The van der Waals surface area contributed by atoms with Crippen molar-refractivity contribution < 1.29 is 14.9 Å². The molecule has 0 radical (unpaired) electrons. The first-order valence-electron chi connectivity index (χ1n) is 5.77. The molecule has 9 heteroatoms. The summed E-state index contributed by atoms with van der Waals surface area (Å²) in [4.78, 5) is 22.8. The number of nitrogens with one attached hydrogen (secondary N) is 1. The Morgan fingerprint density at radius 2 is 2.42 bits per heavy atom. The van der Waals surface area contributed by atoms with Gasteiger partial charge in [0.2, 0.25) is 5.95 Å². The van der Waals surface area contributed by atoms with E-state index in [4.69, 9.17) is 15.6 Å². The van der Waals surface area contributed by atoms with E-state index in [0.29, 0.717) is 5.65 Å². The summed E-state index contributed by atoms with van der Waals surface area (Å²) in [6, 6.07) is 0. The molecule has 19 heavy (non-hydrogen) atoms. The number of nitrogen functional groups attached to an aromatic ring is 1. The maximum Gasteiger partial charge on any atom is 0.285 e. The van der Waals surface area contributed by atoms with Crippen molar-refractivity contribution in [2.24, 2.45) is 0 Å². The van der Waals surface area contributed by atoms with Crippen LogP contribution in [-0.4, -0.2) is 48.5 Å². The third-order valence-electron chi connectivity index (χ3n) is 3.19. The first kappa shape index (κ1) is 12.1. The zero-order valence-electron chi connectivity index (χ0n) is 9.85. The molecule has 5 N–H and O–H groups in total. The number of aliphatic hydroxyl groups is 2. The molecule has 0 aromatic carbocycles. The van der Waals surface area contributed by atoms with Crippen molar-refractivity contribution in [3.8, 4) is 0 Å². The van der Waals surface area contributed by atoms with E-state index >= 15 is 0 Å². The van der Waals surface area contributed by atoms with Crippen LogP contribution in [0.15, 0.2) is 11.1 Å². The molecule has 1 fully saturated rings. The number of H-pyrrole nitrogens is 1. The maximum absolute atomic E-state index is 12.2. The summed E-state index contributed by atoms with van der Waals surface area (Å²) in [5.74, 6) is -0.0301. The smallest absolute Gasteiger partial charge is 0.285 e. The third kappa shape index (κ3) is 1.79. The second-order valence-electron chi connectivity index (χ2n) is 4.36. The van der Waals surface area contributed by atoms with Crippen molar-refractivity contribution >= 4 is 17.1 Å². The quantitative estimate of drug-likeness (QED) is 0.510. The fourth-order valence-electron chi connectivity index (χ4n) is 2.23. The van der Waals surface area contributed by atoms with Crippen molar-refractivity contribution in [1.82, 2.24) is 19.5 Å². The highest BCUT2D eigenvalue weighted by Gasteiger charge is 2.36. The second kappa shape index (κ2) is 4.30. The normalized spacial score (nSPS) is 27.2. The summed E-state index contributed by atoms with van der Waals surface area (Å²) >= 11 is 0. The van der Waals surface area contributed by atoms with Crippen LogP contribution in [0.5, 0.6) is 0 Å². The molecule has 1 unspecified atom stereocenters. The van der Waals surface area contributed by atoms with E-state index in [-0.39, 0.29) is 24.5 Å². The SMILES string of the molecule is Nc1nc2[nH]cnc2c(=O)n1C1C[C@H](O)[C@@H](CO)O1. The number of aliphatic hydroxyl groups excluding tert-OH is 2. The first-order valence-corrected chi connectivity index (χ1v) is 5.77. The number of rotatable bonds is 2. The Balaban J connectivity index is 2.08. The average molecular weight is 267 g/mol. The van der Waals surface area contributed by atoms with Gasteiger partial charge in [0.25, 0.3) is 5.56 Å². The van der Waals surface area contributed by atoms with Crippen molar-refractivity contribution in [2.75, 3.05) is 12.3 Å². The molecule has 3 rings (SSSR count). The molecule has 2 aromatic rings. The van der Waals surface area contributed by atoms with Crippen LogP contribution in [0.2, 0.25) is 0 Å². The summed E-state index contributed by atoms with van der Waals surface area (Å²) in [6.45, 7) is -0.329. The van der Waals surface area contributed by atoms with Gasteiger partial charge in [-0.2, -0.15) is 4.98 Å². The van der Waals surface area contributed by atoms with Gasteiger partial charge in [-0.1, -0.05) is 0 Å². The van der Waals surface area contributed by atoms with Gasteiger partial charge in [-0.15, -0.1) is 0 Å². The van der Waals surface area contributed by atoms with Crippen LogP contribution in [0.4, 0.5) is 5.95 Å². The van der Waals surface area contributed by atoms with Crippen LogP contribution in [-0.2, 0) is 4.74 Å². The number of hydrogen-bond donors (Lipinski definition) is 4. The lowest BCUT2D eigenvalue weighted by molar-refractivity contribution is -0.0448. The molecule has 0 aliphatic carbocycles. The monoisotopic (exact) mass is 267 g/mol. The van der Waals surface area contributed by atoms with E-state index in [0.717, 1.165) is 4.57 Å². The molecule has 1 saturated heterocycles. The largest absolute Gasteiger partial charge is 0.394 e. The Labute approximate surface area is 106 Å². The fourth-order valence-corrected chi connectivity index (χ4v) is 2.23. The van der Waals surface area contributed by atoms with Crippen LogP contribution in [0.1, 0.15) is 12.6 Å². The van der Waals surface area contributed by atoms with E-state index in [1.807, 2.05) is 0 Å². The predicted octanol–water partition coefficient (Wildman–Crippen LogP) is -1.66. The van der Waals surface area contributed by atoms with Gasteiger partial charge < -0.3 is 25.7 Å². The van der Waals surface area contributed by atoms with E-state index in [1.54, 1.807) is 0 Å². The molecule has 102 valence electrons. The van der Waals surface area contributed by atoms with Crippen molar-refractivity contribution in [2.45, 2.75) is 24.9 Å². The lowest BCUT2D eigenvalue weighted by atomic mass is 10.2. The Hall–Kier alpha value is -1.97. The van der Waals surface area contributed by atoms with E-state index in [2.05, 4.69) is 15.0 Å². The predicted molar refractivity (Wildman–Crippen MR) is 64.2 cm³/mol. The zero-order valence-corrected chi connectivity index (χ0v) is 9.85. The van der Waals surface area contributed by atoms with Crippen LogP contribution < -0.4 is 11.3 Å². The van der Waals surface area contributed by atoms with Gasteiger partial charge in [0, 0.05) is 6.42 Å². The summed E-state index contributed by atoms with van der Waals surface area (Å²) in [7, 11) is 0. The van der Waals surface area contributed by atoms with Crippen LogP contribution >= 0.6 is 0 Å². The maximum atomic E-state index is 12.2. The Morgan fingerprint density at radius 3 is 3.11 bits per heavy atom. The van der Waals surface area contributed by atoms with Gasteiger partial charge in [0.05, 0.1) is 19.0 Å². The molecule has 9 nitrogen and oxygen atoms in total. The number of aromatic amines is 1. The molecular formula is C10H13N5O4. The highest BCUT2D eigenvalue weighted by molar-refractivity contribution is 5.69. The van der Waals surface area contributed by atoms with Crippen molar-refractivity contribution in [1.29, 1.82) is 0 Å². The second-order valence-corrected chi connectivity index (χ2v) is 4.36. The number of imidazole rings is 1. The first-order chi connectivity index (χ1) is 9.11. The standard InChI is InChI=1S/C10H13N5O4/c11-10-14-8-7(12-3-13-8)9(18)15(10)6-1-4(17)5(2-16)19-6/h3-6,16-17H,1-2H2,(H2,11,14)(H,12,13)/t4-,5+,6?/m0/s1. The average Bonchev–Trinajstić information content (AvgIpc) is 2.95. The number of hydrogen-bond acceptors (Lipinski definition) is 7. The van der Waals surface area contributed by atoms with Gasteiger partial charge >= 0.3 is 0 Å². The molecule has 2 aromatic heterocycles. The highest BCUT2D eigenvalue weighted by Crippen LogP contribution is 2.28. The molecule has 3 atom stereocenters. The fraction of sp³-hybridized carbons (Fsp3) is 0.500. The molecule has 0 amide bonds. The van der Waals surface area contributed by atoms with E-state index in [1.165, 1.54) is 6.33 Å². The van der Waals surface area contributed by atoms with E-state index < -0.39 is 24.0 Å². The lowest BCUT2D eigenvalue weighted by Crippen LogP contribution is -2.29. The van der Waals surface area contributed by atoms with Gasteiger partial charge in [0.15, 0.2) is 11.2 Å². The van der Waals surface area contributed by atoms with Crippen molar-refractivity contribution in [3.63, 3.8) is 0 Å². The Bertz CT molecular complexity index is 665. The molecular weight excluding hydrogens is 254 g/mol. The number of fused-ring (bicyclic) bond motifs is 1. The van der Waals surface area contributed by atoms with Gasteiger partial charge in [0.1, 0.15) is 12.3 Å². The van der Waals surface area contributed by atoms with Crippen LogP contribution in [0.3, 0.4) is 0 Å². The van der Waals surface area contributed by atoms with Crippen molar-refractivity contribution in [3.05, 3.63) is 16.7 Å². The Kier molecular flexibility index (Phi) is 2.73. The number of aromatic nitrogens is 4. The minimum absolute atomic E-state index is 0.0301. The number of nitrogens with two attached hydrogens (primary N) is 1. The summed E-state index contributed by atoms with van der Waals surface area (Å²) in [5, 5.41) is 18.7. The van der Waals surface area contributed by atoms with Gasteiger partial charge in [-0.3, -0.25) is 4.79 Å². The molecule has 1 aliphatic rings. The zero-order chi connectivity index (χ0) is 13.6. The molecule has 3 heterocycles. The number of nitrogens with zero attached hydrogens (tertiary/aromatic N) is 3. The molecule has 1 aliphatic heterocycles. The molecule has 0 saturated carbocycles. The van der Waals surface area contributed by atoms with E-state index in [9.17, 15) is 9.90 Å². The number of ether oxygens (including phenoxy) is 1. The van der Waals surface area contributed by atoms with Crippen LogP contribution in [0.25, 0.3) is 11.2 Å². The van der Waals surface area contributed by atoms with Gasteiger partial charge in [-0.25, -0.2) is 9.55 Å².